The summed E-state index contributed by atoms with van der Waals surface area (Å²) >= 11 is 0. The van der Waals surface area contributed by atoms with E-state index in [2.05, 4.69) is 9.08 Å². The minimum absolute atomic E-state index is 0.0680. The van der Waals surface area contributed by atoms with Crippen molar-refractivity contribution >= 4 is 10.1 Å². The van der Waals surface area contributed by atoms with Crippen LogP contribution in [0.25, 0.3) is 11.1 Å². The second-order valence-electron chi connectivity index (χ2n) is 7.65. The third kappa shape index (κ3) is 3.43. The lowest BCUT2D eigenvalue weighted by Crippen LogP contribution is -2.36. The van der Waals surface area contributed by atoms with Gasteiger partial charge < -0.3 is 18.4 Å². The predicted octanol–water partition coefficient (Wildman–Crippen LogP) is 3.69. The highest BCUT2D eigenvalue weighted by Crippen LogP contribution is 2.54. The van der Waals surface area contributed by atoms with Gasteiger partial charge in [-0.05, 0) is 60.3 Å². The average Bonchev–Trinajstić information content (AvgIpc) is 2.73. The average molecular weight is 473 g/mol. The van der Waals surface area contributed by atoms with Crippen molar-refractivity contribution in [2.45, 2.75) is 24.4 Å². The molecule has 1 heterocycles. The molecule has 1 aliphatic carbocycles. The summed E-state index contributed by atoms with van der Waals surface area (Å²) in [6.45, 7) is 0.650. The van der Waals surface area contributed by atoms with Crippen molar-refractivity contribution in [2.75, 3.05) is 34.9 Å². The van der Waals surface area contributed by atoms with Crippen LogP contribution in [0.3, 0.4) is 0 Å². The zero-order chi connectivity index (χ0) is 23.4. The highest BCUT2D eigenvalue weighted by molar-refractivity contribution is 7.88. The first kappa shape index (κ1) is 22.5. The molecule has 174 valence electrons. The molecule has 2 aromatic carbocycles. The van der Waals surface area contributed by atoms with Crippen LogP contribution in [0.1, 0.15) is 22.7 Å². The molecule has 0 unspecified atom stereocenters. The third-order valence-electron chi connectivity index (χ3n) is 5.95. The maximum absolute atomic E-state index is 13.0. The van der Waals surface area contributed by atoms with E-state index in [1.807, 2.05) is 13.1 Å². The molecule has 0 saturated heterocycles. The SMILES string of the molecule is COc1cc2c(cc1OC)-c1c(OC)c(OS(=O)(=O)C(F)(F)F)cc3c1[C@H](C2)N(C)CC3. The first-order valence-corrected chi connectivity index (χ1v) is 11.1. The van der Waals surface area contributed by atoms with Crippen molar-refractivity contribution in [1.29, 1.82) is 0 Å². The quantitative estimate of drug-likeness (QED) is 0.484. The zero-order valence-corrected chi connectivity index (χ0v) is 18.7. The van der Waals surface area contributed by atoms with Gasteiger partial charge in [-0.2, -0.15) is 21.6 Å². The molecule has 32 heavy (non-hydrogen) atoms. The van der Waals surface area contributed by atoms with Crippen LogP contribution in [0, 0.1) is 0 Å². The summed E-state index contributed by atoms with van der Waals surface area (Å²) in [6, 6.07) is 4.81. The summed E-state index contributed by atoms with van der Waals surface area (Å²) in [4.78, 5) is 2.15. The monoisotopic (exact) mass is 473 g/mol. The second-order valence-corrected chi connectivity index (χ2v) is 9.19. The topological polar surface area (TPSA) is 74.3 Å². The molecule has 7 nitrogen and oxygen atoms in total. The zero-order valence-electron chi connectivity index (χ0n) is 17.9. The van der Waals surface area contributed by atoms with Gasteiger partial charge in [0.25, 0.3) is 0 Å². The summed E-state index contributed by atoms with van der Waals surface area (Å²) in [5, 5.41) is 0. The maximum atomic E-state index is 13.0. The van der Waals surface area contributed by atoms with Crippen molar-refractivity contribution in [1.82, 2.24) is 4.90 Å². The molecule has 0 aromatic heterocycles. The summed E-state index contributed by atoms with van der Waals surface area (Å²) < 4.78 is 83.5. The highest BCUT2D eigenvalue weighted by atomic mass is 32.2. The number of benzene rings is 2. The molecule has 0 saturated carbocycles. The number of fused-ring (bicyclic) bond motifs is 2. The number of methoxy groups -OCH3 is 3. The Morgan fingerprint density at radius 3 is 2.19 bits per heavy atom. The first-order valence-electron chi connectivity index (χ1n) is 9.72. The van der Waals surface area contributed by atoms with E-state index in [0.717, 1.165) is 16.7 Å². The van der Waals surface area contributed by atoms with Gasteiger partial charge in [-0.1, -0.05) is 0 Å². The highest BCUT2D eigenvalue weighted by Gasteiger charge is 2.49. The normalized spacial score (nSPS) is 17.9. The standard InChI is InChI=1S/C21H22F3NO6S/c1-25-6-5-11-8-17(31-32(26,27)21(22,23)24)20(30-4)19-13-10-16(29-3)15(28-2)9-12(13)7-14(25)18(11)19/h8-10,14H,5-7H2,1-4H3/t14-/m0/s1. The molecule has 2 aromatic rings. The van der Waals surface area contributed by atoms with Gasteiger partial charge >= 0.3 is 15.6 Å². The Labute approximate surface area is 183 Å². The minimum Gasteiger partial charge on any atom is -0.493 e. The van der Waals surface area contributed by atoms with Crippen LogP contribution < -0.4 is 18.4 Å². The Balaban J connectivity index is 2.02. The van der Waals surface area contributed by atoms with Crippen LogP contribution in [-0.2, 0) is 23.0 Å². The van der Waals surface area contributed by atoms with Crippen molar-refractivity contribution in [3.8, 4) is 34.1 Å². The molecule has 1 aliphatic heterocycles. The Morgan fingerprint density at radius 2 is 1.59 bits per heavy atom. The van der Waals surface area contributed by atoms with Gasteiger partial charge in [0.2, 0.25) is 0 Å². The van der Waals surface area contributed by atoms with E-state index in [0.29, 0.717) is 42.0 Å². The largest absolute Gasteiger partial charge is 0.534 e. The summed E-state index contributed by atoms with van der Waals surface area (Å²) in [6.07, 6.45) is 1.15. The lowest BCUT2D eigenvalue weighted by Gasteiger charge is -2.40. The number of alkyl halides is 3. The number of nitrogens with zero attached hydrogens (tertiary/aromatic N) is 1. The fraction of sp³-hybridized carbons (Fsp3) is 0.429. The Morgan fingerprint density at radius 1 is 0.969 bits per heavy atom. The number of halogens is 3. The van der Waals surface area contributed by atoms with Crippen LogP contribution in [0.2, 0.25) is 0 Å². The molecule has 2 aliphatic rings. The molecule has 0 bridgehead atoms. The van der Waals surface area contributed by atoms with Gasteiger partial charge in [0, 0.05) is 18.2 Å². The summed E-state index contributed by atoms with van der Waals surface area (Å²) in [7, 11) is 0.347. The Bertz CT molecular complexity index is 1180. The van der Waals surface area contributed by atoms with E-state index in [4.69, 9.17) is 14.2 Å². The fourth-order valence-electron chi connectivity index (χ4n) is 4.45. The van der Waals surface area contributed by atoms with Crippen molar-refractivity contribution in [2.24, 2.45) is 0 Å². The molecule has 4 rings (SSSR count). The van der Waals surface area contributed by atoms with Crippen LogP contribution in [0.15, 0.2) is 18.2 Å². The predicted molar refractivity (Wildman–Crippen MR) is 110 cm³/mol. The van der Waals surface area contributed by atoms with Gasteiger partial charge in [0.05, 0.1) is 21.3 Å². The molecule has 0 amide bonds. The van der Waals surface area contributed by atoms with Gasteiger partial charge in [0.1, 0.15) is 0 Å². The van der Waals surface area contributed by atoms with Crippen LogP contribution >= 0.6 is 0 Å². The van der Waals surface area contributed by atoms with Crippen molar-refractivity contribution in [3.05, 3.63) is 34.9 Å². The van der Waals surface area contributed by atoms with Gasteiger partial charge in [-0.15, -0.1) is 0 Å². The number of hydrogen-bond acceptors (Lipinski definition) is 7. The second kappa shape index (κ2) is 7.73. The molecule has 11 heteroatoms. The van der Waals surface area contributed by atoms with Gasteiger partial charge in [0.15, 0.2) is 23.0 Å². The number of rotatable bonds is 5. The molecule has 0 radical (unpaired) electrons. The van der Waals surface area contributed by atoms with E-state index in [9.17, 15) is 21.6 Å². The van der Waals surface area contributed by atoms with Crippen LogP contribution in [-0.4, -0.2) is 53.7 Å². The van der Waals surface area contributed by atoms with E-state index < -0.39 is 21.4 Å². The fourth-order valence-corrected chi connectivity index (χ4v) is 4.91. The molecular weight excluding hydrogens is 451 g/mol. The molecule has 1 atom stereocenters. The molecule has 0 spiro atoms. The Hall–Kier alpha value is -2.66. The third-order valence-corrected chi connectivity index (χ3v) is 6.92. The number of ether oxygens (including phenoxy) is 3. The molecular formula is C21H22F3NO6S. The van der Waals surface area contributed by atoms with Crippen molar-refractivity contribution < 1.29 is 40.0 Å². The van der Waals surface area contributed by atoms with Crippen LogP contribution in [0.5, 0.6) is 23.0 Å². The van der Waals surface area contributed by atoms with E-state index in [1.165, 1.54) is 27.4 Å². The van der Waals surface area contributed by atoms with E-state index in [-0.39, 0.29) is 11.8 Å². The lowest BCUT2D eigenvalue weighted by molar-refractivity contribution is -0.0500. The minimum atomic E-state index is -5.88. The van der Waals surface area contributed by atoms with Crippen LogP contribution in [0.4, 0.5) is 13.2 Å². The summed E-state index contributed by atoms with van der Waals surface area (Å²) in [5.74, 6) is 0.368. The van der Waals surface area contributed by atoms with E-state index in [1.54, 1.807) is 6.07 Å². The van der Waals surface area contributed by atoms with Gasteiger partial charge in [-0.25, -0.2) is 0 Å². The number of likely N-dealkylation sites (N-methyl/N-ethyl adjacent to an activating group) is 1. The molecule has 0 N–H and O–H groups in total. The molecule has 0 fully saturated rings. The number of hydrogen-bond donors (Lipinski definition) is 0. The van der Waals surface area contributed by atoms with Crippen molar-refractivity contribution in [3.63, 3.8) is 0 Å². The van der Waals surface area contributed by atoms with E-state index >= 15 is 0 Å². The first-order chi connectivity index (χ1) is 15.0. The van der Waals surface area contributed by atoms with Gasteiger partial charge in [-0.3, -0.25) is 4.90 Å². The maximum Gasteiger partial charge on any atom is 0.534 e. The Kier molecular flexibility index (Phi) is 5.44. The summed E-state index contributed by atoms with van der Waals surface area (Å²) in [5.41, 5.74) is -1.94. The lowest BCUT2D eigenvalue weighted by atomic mass is 9.76. The smallest absolute Gasteiger partial charge is 0.493 e.